The third-order valence-electron chi connectivity index (χ3n) is 4.61. The van der Waals surface area contributed by atoms with Gasteiger partial charge in [-0.25, -0.2) is 0 Å². The maximum absolute atomic E-state index is 6.58. The van der Waals surface area contributed by atoms with E-state index in [-0.39, 0.29) is 12.0 Å². The molecule has 1 atom stereocenters. The summed E-state index contributed by atoms with van der Waals surface area (Å²) in [5.41, 5.74) is 12.8. The van der Waals surface area contributed by atoms with Gasteiger partial charge in [0.25, 0.3) is 0 Å². The quantitative estimate of drug-likeness (QED) is 0.655. The molecule has 0 heterocycles. The average Bonchev–Trinajstić information content (AvgIpc) is 2.63. The van der Waals surface area contributed by atoms with Crippen molar-refractivity contribution in [3.05, 3.63) is 107 Å². The van der Waals surface area contributed by atoms with E-state index in [1.54, 1.807) is 0 Å². The molecular weight excluding hydrogens is 318 g/mol. The molecule has 0 aromatic heterocycles. The number of aryl methyl sites for hydroxylation is 2. The lowest BCUT2D eigenvalue weighted by Crippen LogP contribution is -2.34. The number of benzene rings is 3. The monoisotopic (exact) mass is 345 g/mol. The van der Waals surface area contributed by atoms with Gasteiger partial charge in [0.2, 0.25) is 0 Å². The van der Waals surface area contributed by atoms with Crippen molar-refractivity contribution in [2.75, 3.05) is 6.61 Å². The van der Waals surface area contributed by atoms with E-state index in [4.69, 9.17) is 10.5 Å². The summed E-state index contributed by atoms with van der Waals surface area (Å²) in [5.74, 6) is 0.122. The molecule has 26 heavy (non-hydrogen) atoms. The van der Waals surface area contributed by atoms with Crippen molar-refractivity contribution in [1.82, 2.24) is 0 Å². The molecule has 3 aromatic carbocycles. The van der Waals surface area contributed by atoms with E-state index >= 15 is 0 Å². The van der Waals surface area contributed by atoms with Crippen molar-refractivity contribution in [2.24, 2.45) is 5.73 Å². The Kier molecular flexibility index (Phi) is 6.21. The van der Waals surface area contributed by atoms with Crippen LogP contribution in [0.3, 0.4) is 0 Å². The number of rotatable bonds is 7. The SMILES string of the molecule is Cc1cc(C)cc(COCC(N)C(c2ccccc2)c2ccccc2)c1. The molecule has 1 unspecified atom stereocenters. The fourth-order valence-corrected chi connectivity index (χ4v) is 3.57. The van der Waals surface area contributed by atoms with Gasteiger partial charge >= 0.3 is 0 Å². The standard InChI is InChI=1S/C24H27NO/c1-18-13-19(2)15-20(14-18)16-26-17-23(25)24(21-9-5-3-6-10-21)22-11-7-4-8-12-22/h3-15,23-24H,16-17,25H2,1-2H3. The molecule has 0 amide bonds. The molecule has 0 fully saturated rings. The van der Waals surface area contributed by atoms with Crippen LogP contribution in [0.1, 0.15) is 33.7 Å². The normalized spacial score (nSPS) is 12.3. The van der Waals surface area contributed by atoms with Crippen LogP contribution in [0.4, 0.5) is 0 Å². The summed E-state index contributed by atoms with van der Waals surface area (Å²) < 4.78 is 5.99. The van der Waals surface area contributed by atoms with Gasteiger partial charge in [0, 0.05) is 12.0 Å². The van der Waals surface area contributed by atoms with Gasteiger partial charge in [-0.1, -0.05) is 90.0 Å². The molecule has 0 spiro atoms. The van der Waals surface area contributed by atoms with Crippen LogP contribution < -0.4 is 5.73 Å². The number of hydrogen-bond donors (Lipinski definition) is 1. The number of nitrogens with two attached hydrogens (primary N) is 1. The fourth-order valence-electron chi connectivity index (χ4n) is 3.57. The summed E-state index contributed by atoms with van der Waals surface area (Å²) in [6.45, 7) is 5.33. The van der Waals surface area contributed by atoms with Crippen molar-refractivity contribution >= 4 is 0 Å². The Morgan fingerprint density at radius 2 is 1.27 bits per heavy atom. The Bertz CT molecular complexity index is 754. The lowest BCUT2D eigenvalue weighted by molar-refractivity contribution is 0.104. The van der Waals surface area contributed by atoms with Crippen molar-refractivity contribution in [1.29, 1.82) is 0 Å². The summed E-state index contributed by atoms with van der Waals surface area (Å²) in [6, 6.07) is 27.3. The van der Waals surface area contributed by atoms with Crippen LogP contribution in [0.2, 0.25) is 0 Å². The highest BCUT2D eigenvalue weighted by Crippen LogP contribution is 2.27. The summed E-state index contributed by atoms with van der Waals surface area (Å²) in [7, 11) is 0. The topological polar surface area (TPSA) is 35.2 Å². The van der Waals surface area contributed by atoms with E-state index in [2.05, 4.69) is 80.6 Å². The minimum absolute atomic E-state index is 0.106. The van der Waals surface area contributed by atoms with Gasteiger partial charge in [0.05, 0.1) is 13.2 Å². The predicted octanol–water partition coefficient (Wildman–Crippen LogP) is 4.98. The maximum atomic E-state index is 6.58. The van der Waals surface area contributed by atoms with Gasteiger partial charge in [-0.15, -0.1) is 0 Å². The Morgan fingerprint density at radius 3 is 1.77 bits per heavy atom. The summed E-state index contributed by atoms with van der Waals surface area (Å²) in [4.78, 5) is 0. The smallest absolute Gasteiger partial charge is 0.0717 e. The van der Waals surface area contributed by atoms with E-state index < -0.39 is 0 Å². The molecule has 2 nitrogen and oxygen atoms in total. The van der Waals surface area contributed by atoms with Crippen LogP contribution in [0, 0.1) is 13.8 Å². The molecule has 0 aliphatic carbocycles. The molecule has 0 aliphatic rings. The second kappa shape index (κ2) is 8.79. The number of ether oxygens (including phenoxy) is 1. The molecule has 0 saturated carbocycles. The van der Waals surface area contributed by atoms with Gasteiger partial charge in [-0.3, -0.25) is 0 Å². The zero-order valence-electron chi connectivity index (χ0n) is 15.6. The van der Waals surface area contributed by atoms with Crippen molar-refractivity contribution in [3.63, 3.8) is 0 Å². The second-order valence-corrected chi connectivity index (χ2v) is 6.97. The maximum Gasteiger partial charge on any atom is 0.0717 e. The molecular formula is C24H27NO. The molecule has 0 aliphatic heterocycles. The Hall–Kier alpha value is -2.42. The largest absolute Gasteiger partial charge is 0.375 e. The summed E-state index contributed by atoms with van der Waals surface area (Å²) in [6.07, 6.45) is 0. The van der Waals surface area contributed by atoms with E-state index in [0.29, 0.717) is 13.2 Å². The molecule has 3 aromatic rings. The predicted molar refractivity (Wildman–Crippen MR) is 108 cm³/mol. The first-order chi connectivity index (χ1) is 12.6. The lowest BCUT2D eigenvalue weighted by Gasteiger charge is -2.25. The highest BCUT2D eigenvalue weighted by atomic mass is 16.5. The summed E-state index contributed by atoms with van der Waals surface area (Å²) in [5, 5.41) is 0. The van der Waals surface area contributed by atoms with Crippen LogP contribution in [0.25, 0.3) is 0 Å². The van der Waals surface area contributed by atoms with Crippen LogP contribution in [0.15, 0.2) is 78.9 Å². The highest BCUT2D eigenvalue weighted by molar-refractivity contribution is 5.34. The minimum atomic E-state index is -0.106. The van der Waals surface area contributed by atoms with Crippen LogP contribution in [-0.4, -0.2) is 12.6 Å². The van der Waals surface area contributed by atoms with Gasteiger partial charge in [-0.05, 0) is 30.5 Å². The molecule has 0 radical (unpaired) electrons. The zero-order chi connectivity index (χ0) is 18.4. The zero-order valence-corrected chi connectivity index (χ0v) is 15.6. The lowest BCUT2D eigenvalue weighted by atomic mass is 9.86. The molecule has 2 heteroatoms. The van der Waals surface area contributed by atoms with Crippen LogP contribution in [0.5, 0.6) is 0 Å². The molecule has 0 saturated heterocycles. The summed E-state index contributed by atoms with van der Waals surface area (Å²) >= 11 is 0. The van der Waals surface area contributed by atoms with E-state index in [1.807, 2.05) is 12.1 Å². The molecule has 134 valence electrons. The fraction of sp³-hybridized carbons (Fsp3) is 0.250. The average molecular weight is 345 g/mol. The van der Waals surface area contributed by atoms with Gasteiger partial charge in [0.15, 0.2) is 0 Å². The third-order valence-corrected chi connectivity index (χ3v) is 4.61. The Balaban J connectivity index is 1.71. The van der Waals surface area contributed by atoms with Gasteiger partial charge < -0.3 is 10.5 Å². The van der Waals surface area contributed by atoms with Crippen LogP contribution in [-0.2, 0) is 11.3 Å². The van der Waals surface area contributed by atoms with E-state index in [9.17, 15) is 0 Å². The molecule has 3 rings (SSSR count). The Morgan fingerprint density at radius 1 is 0.769 bits per heavy atom. The van der Waals surface area contributed by atoms with Crippen LogP contribution >= 0.6 is 0 Å². The van der Waals surface area contributed by atoms with E-state index in [0.717, 1.165) is 0 Å². The molecule has 0 bridgehead atoms. The van der Waals surface area contributed by atoms with Crippen molar-refractivity contribution < 1.29 is 4.74 Å². The van der Waals surface area contributed by atoms with Gasteiger partial charge in [0.1, 0.15) is 0 Å². The number of hydrogen-bond acceptors (Lipinski definition) is 2. The Labute approximate surface area is 156 Å². The molecule has 2 N–H and O–H groups in total. The first-order valence-corrected chi connectivity index (χ1v) is 9.14. The first kappa shape index (κ1) is 18.4. The first-order valence-electron chi connectivity index (χ1n) is 9.14. The van der Waals surface area contributed by atoms with E-state index in [1.165, 1.54) is 27.8 Å². The van der Waals surface area contributed by atoms with Gasteiger partial charge in [-0.2, -0.15) is 0 Å². The minimum Gasteiger partial charge on any atom is -0.375 e. The second-order valence-electron chi connectivity index (χ2n) is 6.97. The van der Waals surface area contributed by atoms with Crippen molar-refractivity contribution in [2.45, 2.75) is 32.4 Å². The highest BCUT2D eigenvalue weighted by Gasteiger charge is 2.21. The van der Waals surface area contributed by atoms with Crippen molar-refractivity contribution in [3.8, 4) is 0 Å². The third kappa shape index (κ3) is 4.81.